The summed E-state index contributed by atoms with van der Waals surface area (Å²) >= 11 is 0. The smallest absolute Gasteiger partial charge is 0.0991 e. The van der Waals surface area contributed by atoms with Crippen LogP contribution in [0.25, 0.3) is 0 Å². The predicted octanol–water partition coefficient (Wildman–Crippen LogP) is 1.85. The Balaban J connectivity index is 2.93. The van der Waals surface area contributed by atoms with Crippen molar-refractivity contribution >= 4 is 5.69 Å². The minimum atomic E-state index is 0.360. The highest BCUT2D eigenvalue weighted by molar-refractivity contribution is 5.45. The second-order valence-corrected chi connectivity index (χ2v) is 1.78. The molecule has 0 heterocycles. The first-order valence-corrected chi connectivity index (χ1v) is 2.73. The molecule has 1 aromatic carbocycles. The molecule has 1 rings (SSSR count). The molecular formula is C7H5FN2. The van der Waals surface area contributed by atoms with Crippen LogP contribution in [0.15, 0.2) is 24.3 Å². The van der Waals surface area contributed by atoms with Crippen LogP contribution in [0.2, 0.25) is 0 Å². The van der Waals surface area contributed by atoms with Crippen LogP contribution < -0.4 is 5.54 Å². The van der Waals surface area contributed by atoms with Gasteiger partial charge in [0.05, 0.1) is 17.3 Å². The Labute approximate surface area is 57.8 Å². The topological polar surface area (TPSA) is 35.8 Å². The Hall–Kier alpha value is -1.56. The summed E-state index contributed by atoms with van der Waals surface area (Å²) in [5, 5.41) is 8.34. The number of hydrogen-bond acceptors (Lipinski definition) is 2. The lowest BCUT2D eigenvalue weighted by atomic mass is 10.2. The number of benzene rings is 1. The van der Waals surface area contributed by atoms with Gasteiger partial charge in [-0.3, -0.25) is 0 Å². The Morgan fingerprint density at radius 2 is 1.90 bits per heavy atom. The molecule has 0 aliphatic rings. The SMILES string of the molecule is N#Cc1ccc(NF)cc1. The fourth-order valence-corrected chi connectivity index (χ4v) is 0.608. The molecule has 3 heteroatoms. The molecule has 0 bridgehead atoms. The Morgan fingerprint density at radius 3 is 2.30 bits per heavy atom. The molecule has 0 saturated heterocycles. The Bertz CT molecular complexity index is 247. The van der Waals surface area contributed by atoms with Crippen LogP contribution in [0.4, 0.5) is 10.2 Å². The van der Waals surface area contributed by atoms with Crippen molar-refractivity contribution < 1.29 is 4.48 Å². The summed E-state index contributed by atoms with van der Waals surface area (Å²) in [6.07, 6.45) is 0. The summed E-state index contributed by atoms with van der Waals surface area (Å²) in [5.41, 5.74) is 2.36. The van der Waals surface area contributed by atoms with Crippen LogP contribution in [0, 0.1) is 11.3 Å². The maximum absolute atomic E-state index is 11.6. The third kappa shape index (κ3) is 1.23. The molecule has 0 fully saturated rings. The van der Waals surface area contributed by atoms with Crippen molar-refractivity contribution in [3.05, 3.63) is 29.8 Å². The highest BCUT2D eigenvalue weighted by atomic mass is 19.2. The predicted molar refractivity (Wildman–Crippen MR) is 35.9 cm³/mol. The van der Waals surface area contributed by atoms with Gasteiger partial charge in [-0.05, 0) is 24.3 Å². The quantitative estimate of drug-likeness (QED) is 0.598. The Kier molecular flexibility index (Phi) is 1.86. The van der Waals surface area contributed by atoms with E-state index in [4.69, 9.17) is 5.26 Å². The Morgan fingerprint density at radius 1 is 1.30 bits per heavy atom. The van der Waals surface area contributed by atoms with Crippen molar-refractivity contribution in [2.24, 2.45) is 0 Å². The zero-order valence-corrected chi connectivity index (χ0v) is 5.13. The largest absolute Gasteiger partial charge is 0.225 e. The standard InChI is InChI=1S/C7H5FN2/c8-10-7-3-1-6(5-9)2-4-7/h1-4,10H. The second-order valence-electron chi connectivity index (χ2n) is 1.78. The van der Waals surface area contributed by atoms with Crippen LogP contribution >= 0.6 is 0 Å². The first kappa shape index (κ1) is 6.56. The van der Waals surface area contributed by atoms with Crippen LogP contribution in [0.3, 0.4) is 0 Å². The molecule has 1 N–H and O–H groups in total. The number of nitriles is 1. The van der Waals surface area contributed by atoms with E-state index in [9.17, 15) is 4.48 Å². The lowest BCUT2D eigenvalue weighted by Gasteiger charge is -1.92. The molecule has 0 amide bonds. The van der Waals surface area contributed by atoms with Gasteiger partial charge in [0.15, 0.2) is 0 Å². The monoisotopic (exact) mass is 136 g/mol. The molecule has 0 unspecified atom stereocenters. The maximum atomic E-state index is 11.6. The van der Waals surface area contributed by atoms with E-state index in [-0.39, 0.29) is 0 Å². The number of hydrogen-bond donors (Lipinski definition) is 1. The lowest BCUT2D eigenvalue weighted by Crippen LogP contribution is -1.80. The molecule has 0 spiro atoms. The van der Waals surface area contributed by atoms with Crippen LogP contribution in [0.5, 0.6) is 0 Å². The van der Waals surface area contributed by atoms with E-state index in [1.54, 1.807) is 12.1 Å². The number of halogens is 1. The van der Waals surface area contributed by atoms with Crippen molar-refractivity contribution in [2.75, 3.05) is 5.54 Å². The average Bonchev–Trinajstić information content (AvgIpc) is 2.05. The van der Waals surface area contributed by atoms with Gasteiger partial charge in [-0.1, -0.05) is 0 Å². The zero-order valence-electron chi connectivity index (χ0n) is 5.13. The molecular weight excluding hydrogens is 131 g/mol. The number of rotatable bonds is 1. The van der Waals surface area contributed by atoms with Crippen molar-refractivity contribution in [2.45, 2.75) is 0 Å². The van der Waals surface area contributed by atoms with E-state index in [0.29, 0.717) is 11.3 Å². The first-order chi connectivity index (χ1) is 4.86. The summed E-state index contributed by atoms with van der Waals surface area (Å²) in [4.78, 5) is 0. The molecule has 50 valence electrons. The summed E-state index contributed by atoms with van der Waals surface area (Å²) in [6, 6.07) is 8.01. The summed E-state index contributed by atoms with van der Waals surface area (Å²) in [6.45, 7) is 0. The second kappa shape index (κ2) is 2.83. The van der Waals surface area contributed by atoms with E-state index in [1.807, 2.05) is 6.07 Å². The fraction of sp³-hybridized carbons (Fsp3) is 0. The van der Waals surface area contributed by atoms with Gasteiger partial charge in [0.25, 0.3) is 0 Å². The van der Waals surface area contributed by atoms with Crippen molar-refractivity contribution in [1.29, 1.82) is 5.26 Å². The molecule has 1 aromatic rings. The molecule has 0 aromatic heterocycles. The van der Waals surface area contributed by atoms with Crippen molar-refractivity contribution in [1.82, 2.24) is 0 Å². The van der Waals surface area contributed by atoms with Crippen LogP contribution in [0.1, 0.15) is 5.56 Å². The molecule has 0 saturated carbocycles. The van der Waals surface area contributed by atoms with Gasteiger partial charge >= 0.3 is 0 Å². The van der Waals surface area contributed by atoms with Gasteiger partial charge in [-0.15, -0.1) is 4.48 Å². The third-order valence-electron chi connectivity index (χ3n) is 1.12. The fourth-order valence-electron chi connectivity index (χ4n) is 0.608. The minimum Gasteiger partial charge on any atom is -0.225 e. The van der Waals surface area contributed by atoms with E-state index in [2.05, 4.69) is 0 Å². The van der Waals surface area contributed by atoms with E-state index in [0.717, 1.165) is 0 Å². The summed E-state index contributed by atoms with van der Waals surface area (Å²) in [5.74, 6) is 0. The zero-order chi connectivity index (χ0) is 7.40. The van der Waals surface area contributed by atoms with E-state index in [1.165, 1.54) is 17.7 Å². The third-order valence-corrected chi connectivity index (χ3v) is 1.12. The van der Waals surface area contributed by atoms with Crippen molar-refractivity contribution in [3.63, 3.8) is 0 Å². The van der Waals surface area contributed by atoms with Gasteiger partial charge < -0.3 is 0 Å². The molecule has 2 nitrogen and oxygen atoms in total. The summed E-state index contributed by atoms with van der Waals surface area (Å²) in [7, 11) is 0. The molecule has 0 radical (unpaired) electrons. The number of nitrogens with one attached hydrogen (secondary N) is 1. The van der Waals surface area contributed by atoms with Crippen LogP contribution in [-0.2, 0) is 0 Å². The van der Waals surface area contributed by atoms with Gasteiger partial charge in [-0.25, -0.2) is 5.54 Å². The number of nitrogens with zero attached hydrogens (tertiary/aromatic N) is 1. The summed E-state index contributed by atoms with van der Waals surface area (Å²) < 4.78 is 11.6. The molecule has 0 aliphatic heterocycles. The lowest BCUT2D eigenvalue weighted by molar-refractivity contribution is 0.618. The average molecular weight is 136 g/mol. The highest BCUT2D eigenvalue weighted by Crippen LogP contribution is 2.07. The van der Waals surface area contributed by atoms with E-state index >= 15 is 0 Å². The van der Waals surface area contributed by atoms with Crippen LogP contribution in [-0.4, -0.2) is 0 Å². The minimum absolute atomic E-state index is 0.360. The molecule has 0 atom stereocenters. The maximum Gasteiger partial charge on any atom is 0.0991 e. The van der Waals surface area contributed by atoms with E-state index < -0.39 is 0 Å². The molecule has 10 heavy (non-hydrogen) atoms. The normalized spacial score (nSPS) is 8.40. The van der Waals surface area contributed by atoms with Gasteiger partial charge in [0.1, 0.15) is 0 Å². The van der Waals surface area contributed by atoms with Gasteiger partial charge in [0.2, 0.25) is 0 Å². The van der Waals surface area contributed by atoms with Crippen molar-refractivity contribution in [3.8, 4) is 6.07 Å². The molecule has 0 aliphatic carbocycles. The number of anilines is 1. The van der Waals surface area contributed by atoms with Gasteiger partial charge in [-0.2, -0.15) is 5.26 Å². The first-order valence-electron chi connectivity index (χ1n) is 2.73. The van der Waals surface area contributed by atoms with Gasteiger partial charge in [0, 0.05) is 0 Å². The highest BCUT2D eigenvalue weighted by Gasteiger charge is 1.89.